The van der Waals surface area contributed by atoms with E-state index in [1.807, 2.05) is 0 Å². The molecule has 0 fully saturated rings. The lowest BCUT2D eigenvalue weighted by atomic mass is 10.3. The number of halogens is 4. The van der Waals surface area contributed by atoms with Crippen molar-refractivity contribution < 1.29 is 21.6 Å². The van der Waals surface area contributed by atoms with Crippen LogP contribution in [0.4, 0.5) is 17.3 Å². The number of carbonyl (C=O) groups is 1. The monoisotopic (exact) mass is 608 g/mol. The summed E-state index contributed by atoms with van der Waals surface area (Å²) in [6, 6.07) is 2.01. The van der Waals surface area contributed by atoms with E-state index in [4.69, 9.17) is 74.5 Å². The lowest BCUT2D eigenvalue weighted by Crippen LogP contribution is -2.48. The molecule has 2 aromatic rings. The van der Waals surface area contributed by atoms with Gasteiger partial charge in [0.2, 0.25) is 20.0 Å². The zero-order chi connectivity index (χ0) is 26.9. The van der Waals surface area contributed by atoms with E-state index in [0.717, 1.165) is 12.1 Å². The lowest BCUT2D eigenvalue weighted by molar-refractivity contribution is 0.0998. The Morgan fingerprint density at radius 3 is 2.23 bits per heavy atom. The Labute approximate surface area is 218 Å². The van der Waals surface area contributed by atoms with Gasteiger partial charge in [-0.05, 0) is 12.1 Å². The number of aliphatic imine (C=N–C) groups is 1. The number of primary sulfonamides is 1. The van der Waals surface area contributed by atoms with E-state index in [9.17, 15) is 21.6 Å². The molecule has 35 heavy (non-hydrogen) atoms. The van der Waals surface area contributed by atoms with E-state index >= 15 is 0 Å². The molecule has 12 N–H and O–H groups in total. The summed E-state index contributed by atoms with van der Waals surface area (Å²) in [7, 11) is -8.15. The number of aromatic nitrogens is 2. The lowest BCUT2D eigenvalue weighted by Gasteiger charge is -2.29. The first-order valence-electron chi connectivity index (χ1n) is 8.59. The van der Waals surface area contributed by atoms with Crippen molar-refractivity contribution >= 4 is 95.6 Å². The fourth-order valence-corrected chi connectivity index (χ4v) is 5.44. The predicted octanol–water partition coefficient (Wildman–Crippen LogP) is -0.471. The van der Waals surface area contributed by atoms with Gasteiger partial charge in [-0.15, -0.1) is 23.2 Å². The fourth-order valence-electron chi connectivity index (χ4n) is 2.40. The quantitative estimate of drug-likeness (QED) is 0.132. The smallest absolute Gasteiger partial charge is 0.302 e. The Morgan fingerprint density at radius 2 is 1.71 bits per heavy atom. The summed E-state index contributed by atoms with van der Waals surface area (Å²) < 4.78 is 48.9. The van der Waals surface area contributed by atoms with E-state index in [0.29, 0.717) is 0 Å². The highest BCUT2D eigenvalue weighted by molar-refractivity contribution is 7.90. The topological polar surface area (TPSA) is 278 Å². The molecule has 1 atom stereocenters. The molecule has 21 heteroatoms. The number of benzene rings is 1. The molecule has 0 saturated heterocycles. The minimum absolute atomic E-state index is 0.0737. The van der Waals surface area contributed by atoms with E-state index in [-0.39, 0.29) is 38.1 Å². The van der Waals surface area contributed by atoms with Gasteiger partial charge in [-0.2, -0.15) is 9.71 Å². The van der Waals surface area contributed by atoms with Crippen molar-refractivity contribution in [3.8, 4) is 0 Å². The number of guanidine groups is 1. The van der Waals surface area contributed by atoms with E-state index in [1.54, 1.807) is 0 Å². The van der Waals surface area contributed by atoms with Gasteiger partial charge in [0.25, 0.3) is 0 Å². The Balaban J connectivity index is 0.000000258. The average Bonchev–Trinajstić information content (AvgIpc) is 2.68. The molecule has 0 spiro atoms. The number of fused-ring (bicyclic) bond motifs is 1. The number of hydrogen-bond acceptors (Lipinski definition) is 10. The normalized spacial score (nSPS) is 16.3. The maximum Gasteiger partial charge on any atom is 0.302 e. The molecule has 0 saturated carbocycles. The van der Waals surface area contributed by atoms with Crippen molar-refractivity contribution in [1.82, 2.24) is 14.7 Å². The van der Waals surface area contributed by atoms with Crippen LogP contribution in [0.25, 0.3) is 0 Å². The number of nitrogens with one attached hydrogen (secondary N) is 2. The van der Waals surface area contributed by atoms with Crippen LogP contribution in [-0.2, 0) is 20.0 Å². The molecule has 0 radical (unpaired) electrons. The van der Waals surface area contributed by atoms with Crippen molar-refractivity contribution in [3.63, 3.8) is 0 Å². The number of nitrogen functional groups attached to an aromatic ring is 2. The summed E-state index contributed by atoms with van der Waals surface area (Å²) >= 11 is 22.6. The first kappa shape index (κ1) is 28.9. The molecule has 1 unspecified atom stereocenters. The van der Waals surface area contributed by atoms with E-state index in [1.165, 1.54) is 0 Å². The molecular formula is C14H16Cl4N10O5S2. The predicted molar refractivity (Wildman–Crippen MR) is 132 cm³/mol. The summed E-state index contributed by atoms with van der Waals surface area (Å²) in [5, 5.41) is 7.31. The Bertz CT molecular complexity index is 1410. The van der Waals surface area contributed by atoms with Crippen LogP contribution in [0.3, 0.4) is 0 Å². The van der Waals surface area contributed by atoms with Crippen LogP contribution >= 0.6 is 46.4 Å². The molecular weight excluding hydrogens is 594 g/mol. The third-order valence-electron chi connectivity index (χ3n) is 3.81. The number of sulfonamides is 2. The number of anilines is 3. The second kappa shape index (κ2) is 10.7. The number of nitrogens with zero attached hydrogens (tertiary/aromatic N) is 3. The van der Waals surface area contributed by atoms with Gasteiger partial charge < -0.3 is 28.3 Å². The molecule has 1 aromatic carbocycles. The van der Waals surface area contributed by atoms with Gasteiger partial charge in [-0.1, -0.05) is 23.2 Å². The van der Waals surface area contributed by atoms with Crippen LogP contribution in [0.1, 0.15) is 10.5 Å². The summed E-state index contributed by atoms with van der Waals surface area (Å²) in [6.45, 7) is 0. The highest BCUT2D eigenvalue weighted by Crippen LogP contribution is 2.34. The van der Waals surface area contributed by atoms with Gasteiger partial charge in [-0.3, -0.25) is 4.79 Å². The highest BCUT2D eigenvalue weighted by atomic mass is 35.5. The van der Waals surface area contributed by atoms with Crippen LogP contribution in [0.15, 0.2) is 26.9 Å². The Hall–Kier alpha value is -2.38. The van der Waals surface area contributed by atoms with E-state index < -0.39 is 47.8 Å². The molecule has 0 aliphatic carbocycles. The van der Waals surface area contributed by atoms with Gasteiger partial charge in [0.05, 0.1) is 10.7 Å². The Morgan fingerprint density at radius 1 is 1.11 bits per heavy atom. The van der Waals surface area contributed by atoms with Crippen molar-refractivity contribution in [2.24, 2.45) is 21.6 Å². The van der Waals surface area contributed by atoms with Gasteiger partial charge in [0, 0.05) is 0 Å². The highest BCUT2D eigenvalue weighted by Gasteiger charge is 2.34. The number of alkyl halides is 2. The summed E-state index contributed by atoms with van der Waals surface area (Å²) in [5.41, 5.74) is 20.5. The van der Waals surface area contributed by atoms with Crippen LogP contribution < -0.4 is 38.1 Å². The molecule has 2 heterocycles. The molecule has 192 valence electrons. The zero-order valence-electron chi connectivity index (χ0n) is 16.9. The van der Waals surface area contributed by atoms with Gasteiger partial charge >= 0.3 is 5.91 Å². The average molecular weight is 610 g/mol. The summed E-state index contributed by atoms with van der Waals surface area (Å²) in [6.07, 6.45) is -0.966. The van der Waals surface area contributed by atoms with Crippen molar-refractivity contribution in [1.29, 1.82) is 0 Å². The molecule has 1 aliphatic rings. The Kier molecular flexibility index (Phi) is 8.83. The maximum atomic E-state index is 12.0. The summed E-state index contributed by atoms with van der Waals surface area (Å²) in [4.78, 5) is 19.9. The number of hydrogen-bond donors (Lipinski definition) is 7. The van der Waals surface area contributed by atoms with Crippen LogP contribution in [0.5, 0.6) is 0 Å². The molecule has 15 nitrogen and oxygen atoms in total. The fraction of sp³-hybridized carbons (Fsp3) is 0.143. The standard InChI is InChI=1S/C8H8Cl3N3O4S2.C6H8ClN7O/c9-3-1-4-6(2-5(3)19(12,15)16)20(17,18)14-8(13-4)7(10)11;7-2-4(9)13-3(8)1(12-2)5(15)14-6(10)11/h1-2,7-8,13-14H,(H2,12,15,16);(H4,8,9,13)(H4,10,11,14,15). The number of nitrogens with two attached hydrogens (primary N) is 5. The number of carbonyl (C=O) groups excluding carboxylic acids is 1. The van der Waals surface area contributed by atoms with Crippen molar-refractivity contribution in [2.75, 3.05) is 16.8 Å². The molecule has 1 aliphatic heterocycles. The van der Waals surface area contributed by atoms with E-state index in [2.05, 4.69) is 25.0 Å². The number of amides is 1. The van der Waals surface area contributed by atoms with Gasteiger partial charge in [0.1, 0.15) is 20.8 Å². The van der Waals surface area contributed by atoms with Gasteiger partial charge in [0.15, 0.2) is 28.4 Å². The first-order valence-corrected chi connectivity index (χ1v) is 13.3. The SMILES string of the molecule is NC(N)=NC(=O)c1nc(Cl)c(N)nc1N.NS(=O)(=O)c1cc2c(cc1Cl)NC(C(Cl)Cl)NS2(=O)=O. The molecule has 1 aromatic heterocycles. The zero-order valence-corrected chi connectivity index (χ0v) is 21.6. The third-order valence-corrected chi connectivity index (χ3v) is 7.45. The second-order valence-electron chi connectivity index (χ2n) is 6.38. The minimum atomic E-state index is -4.15. The molecule has 1 amide bonds. The maximum absolute atomic E-state index is 12.0. The minimum Gasteiger partial charge on any atom is -0.382 e. The first-order chi connectivity index (χ1) is 15.9. The van der Waals surface area contributed by atoms with Crippen molar-refractivity contribution in [2.45, 2.75) is 20.8 Å². The van der Waals surface area contributed by atoms with Crippen LogP contribution in [0.2, 0.25) is 10.2 Å². The number of rotatable bonds is 3. The molecule has 3 rings (SSSR count). The largest absolute Gasteiger partial charge is 0.382 e. The second-order valence-corrected chi connectivity index (χ2v) is 11.5. The third kappa shape index (κ3) is 7.07. The summed E-state index contributed by atoms with van der Waals surface area (Å²) in [5.74, 6) is -1.50. The van der Waals surface area contributed by atoms with Crippen LogP contribution in [0, 0.1) is 0 Å². The van der Waals surface area contributed by atoms with Crippen molar-refractivity contribution in [3.05, 3.63) is 28.0 Å². The molecule has 0 bridgehead atoms. The van der Waals surface area contributed by atoms with Gasteiger partial charge in [-0.25, -0.2) is 31.9 Å². The van der Waals surface area contributed by atoms with Crippen LogP contribution in [-0.4, -0.2) is 49.7 Å².